The lowest BCUT2D eigenvalue weighted by atomic mass is 9.55. The van der Waals surface area contributed by atoms with Gasteiger partial charge in [0.05, 0.1) is 36.5 Å². The Morgan fingerprint density at radius 3 is 2.43 bits per heavy atom. The molecule has 2 heterocycles. The normalized spacial score (nSPS) is 24.1. The molecule has 69 heavy (non-hydrogen) atoms. The molecule has 0 aromatic heterocycles. The van der Waals surface area contributed by atoms with Crippen molar-refractivity contribution >= 4 is 17.7 Å². The molecule has 3 N–H and O–H groups in total. The first-order valence-electron chi connectivity index (χ1n) is 24.2. The van der Waals surface area contributed by atoms with Crippen LogP contribution in [-0.2, 0) is 27.4 Å². The van der Waals surface area contributed by atoms with E-state index in [1.54, 1.807) is 59.5 Å². The first-order chi connectivity index (χ1) is 33.7. The van der Waals surface area contributed by atoms with Crippen molar-refractivity contribution in [3.63, 3.8) is 0 Å². The number of carbonyl (C=O) groups is 2. The number of hydrogen-bond donors (Lipinski definition) is 3. The van der Waals surface area contributed by atoms with Crippen LogP contribution >= 0.6 is 0 Å². The molecule has 1 saturated heterocycles. The van der Waals surface area contributed by atoms with Crippen LogP contribution in [0.3, 0.4) is 0 Å². The van der Waals surface area contributed by atoms with Crippen molar-refractivity contribution in [2.75, 3.05) is 26.4 Å². The zero-order valence-electron chi connectivity index (χ0n) is 38.8. The highest BCUT2D eigenvalue weighted by atomic mass is 19.1. The smallest absolute Gasteiger partial charge is 0.412 e. The second-order valence-electron chi connectivity index (χ2n) is 18.2. The fourth-order valence-corrected chi connectivity index (χ4v) is 10.5. The Bertz CT molecular complexity index is 2490. The van der Waals surface area contributed by atoms with E-state index in [1.807, 2.05) is 36.4 Å². The largest absolute Gasteiger partial charge is 0.459 e. The highest BCUT2D eigenvalue weighted by Gasteiger charge is 2.65. The van der Waals surface area contributed by atoms with Crippen molar-refractivity contribution in [3.05, 3.63) is 155 Å². The molecule has 362 valence electrons. The Morgan fingerprint density at radius 2 is 1.72 bits per heavy atom. The first kappa shape index (κ1) is 49.1. The van der Waals surface area contributed by atoms with Gasteiger partial charge in [0.2, 0.25) is 12.1 Å². The van der Waals surface area contributed by atoms with Crippen molar-refractivity contribution in [2.24, 2.45) is 22.9 Å². The number of nitrogens with one attached hydrogen (secondary N) is 1. The van der Waals surface area contributed by atoms with Crippen molar-refractivity contribution < 1.29 is 48.0 Å². The van der Waals surface area contributed by atoms with Gasteiger partial charge in [-0.3, -0.25) is 4.79 Å². The Kier molecular flexibility index (Phi) is 16.6. The highest BCUT2D eigenvalue weighted by molar-refractivity contribution is 6.03. The maximum Gasteiger partial charge on any atom is 0.412 e. The van der Waals surface area contributed by atoms with Gasteiger partial charge in [-0.05, 0) is 122 Å². The lowest BCUT2D eigenvalue weighted by Gasteiger charge is -2.60. The predicted octanol–water partition coefficient (Wildman–Crippen LogP) is 9.49. The summed E-state index contributed by atoms with van der Waals surface area (Å²) < 4.78 is 41.0. The number of hydrogen-bond acceptors (Lipinski definition) is 11. The van der Waals surface area contributed by atoms with Crippen LogP contribution in [0.5, 0.6) is 11.5 Å². The number of oxime groups is 1. The number of amides is 2. The monoisotopic (exact) mass is 940 g/mol. The molecule has 0 spiro atoms. The third-order valence-corrected chi connectivity index (χ3v) is 13.7. The summed E-state index contributed by atoms with van der Waals surface area (Å²) in [7, 11) is 0. The summed E-state index contributed by atoms with van der Waals surface area (Å²) in [6.45, 7) is 4.97. The number of aliphatic hydroxyl groups excluding tert-OH is 2. The summed E-state index contributed by atoms with van der Waals surface area (Å²) in [5, 5.41) is 37.5. The van der Waals surface area contributed by atoms with Crippen molar-refractivity contribution in [1.82, 2.24) is 10.2 Å². The maximum absolute atomic E-state index is 15.4. The molecule has 7 atom stereocenters. The van der Waals surface area contributed by atoms with Crippen LogP contribution in [0.15, 0.2) is 127 Å². The van der Waals surface area contributed by atoms with Gasteiger partial charge in [0.1, 0.15) is 23.4 Å². The number of fused-ring (bicyclic) bond motifs is 2. The minimum Gasteiger partial charge on any atom is -0.459 e. The number of allylic oxidation sites excluding steroid dienone is 1. The molecular weight excluding hydrogens is 880 g/mol. The van der Waals surface area contributed by atoms with Crippen LogP contribution in [-0.4, -0.2) is 77.4 Å². The van der Waals surface area contributed by atoms with Gasteiger partial charge in [0.25, 0.3) is 5.91 Å². The van der Waals surface area contributed by atoms with E-state index in [1.165, 1.54) is 12.1 Å². The van der Waals surface area contributed by atoms with Crippen molar-refractivity contribution in [2.45, 2.75) is 101 Å². The van der Waals surface area contributed by atoms with E-state index in [4.69, 9.17) is 28.9 Å². The Labute approximate surface area is 403 Å². The van der Waals surface area contributed by atoms with Crippen LogP contribution < -0.4 is 14.8 Å². The fourth-order valence-electron chi connectivity index (χ4n) is 10.5. The molecule has 0 bridgehead atoms. The molecule has 4 aromatic carbocycles. The van der Waals surface area contributed by atoms with Gasteiger partial charge in [-0.2, -0.15) is 5.26 Å². The summed E-state index contributed by atoms with van der Waals surface area (Å²) in [5.41, 5.74) is 4.46. The number of nitrogens with zero attached hydrogens (tertiary/aromatic N) is 3. The quantitative estimate of drug-likeness (QED) is 0.0440. The van der Waals surface area contributed by atoms with Crippen molar-refractivity contribution in [1.29, 1.82) is 5.26 Å². The number of aliphatic hydroxyl groups is 2. The average Bonchev–Trinajstić information content (AvgIpc) is 3.38. The molecule has 7 unspecified atom stereocenters. The van der Waals surface area contributed by atoms with E-state index in [-0.39, 0.29) is 57.1 Å². The second-order valence-corrected chi connectivity index (χ2v) is 18.2. The molecule has 13 nitrogen and oxygen atoms in total. The fraction of sp³-hybridized carbons (Fsp3) is 0.418. The number of carbonyl (C=O) groups excluding carboxylic acids is 2. The predicted molar refractivity (Wildman–Crippen MR) is 256 cm³/mol. The third-order valence-electron chi connectivity index (χ3n) is 13.7. The molecule has 8 rings (SSSR count). The molecule has 2 fully saturated rings. The zero-order valence-corrected chi connectivity index (χ0v) is 38.8. The number of rotatable bonds is 20. The van der Waals surface area contributed by atoms with E-state index < -0.39 is 41.9 Å². The Hall–Kier alpha value is -6.37. The van der Waals surface area contributed by atoms with Crippen LogP contribution in [0.2, 0.25) is 0 Å². The summed E-state index contributed by atoms with van der Waals surface area (Å²) in [4.78, 5) is 36.8. The third kappa shape index (κ3) is 11.4. The summed E-state index contributed by atoms with van der Waals surface area (Å²) in [5.74, 6) is -2.83. The van der Waals surface area contributed by atoms with Gasteiger partial charge >= 0.3 is 6.09 Å². The van der Waals surface area contributed by atoms with E-state index in [9.17, 15) is 24.7 Å². The van der Waals surface area contributed by atoms with Crippen LogP contribution in [0.4, 0.5) is 9.18 Å². The van der Waals surface area contributed by atoms with E-state index >= 15 is 4.79 Å². The molecule has 2 aliphatic heterocycles. The Balaban J connectivity index is 1.32. The SMILES string of the molecule is C=CCOC12Oc3ccc(OC(=O)NCc4ccccc4)cc3C3C(CCCCO)C(CCCCO)C=C(C(=NOC4CCCCO4)CC1N(Cc1ccc(F)cc1)C(=O)c1ccc(C#N)cc1)C32. The first-order valence-corrected chi connectivity index (χ1v) is 24.2. The topological polar surface area (TPSA) is 172 Å². The number of benzene rings is 4. The zero-order chi connectivity index (χ0) is 48.2. The van der Waals surface area contributed by atoms with Crippen LogP contribution in [0.25, 0.3) is 0 Å². The van der Waals surface area contributed by atoms with Gasteiger partial charge in [0, 0.05) is 56.2 Å². The van der Waals surface area contributed by atoms with Gasteiger partial charge in [-0.25, -0.2) is 9.18 Å². The van der Waals surface area contributed by atoms with Crippen LogP contribution in [0, 0.1) is 34.9 Å². The lowest BCUT2D eigenvalue weighted by Crippen LogP contribution is -2.70. The van der Waals surface area contributed by atoms with Gasteiger partial charge in [-0.1, -0.05) is 72.6 Å². The number of ether oxygens (including phenoxy) is 4. The van der Waals surface area contributed by atoms with Gasteiger partial charge in [0.15, 0.2) is 0 Å². The standard InChI is InChI=1S/C55H61FN4O9/c1-2-29-66-55-49(60(36-39-19-23-42(56)24-20-39)53(63)40-21-17-37(34-57)18-22-40)33-47(59-69-50-16-8-11-30-65-50)45-31-41(14-6-9-27-61)44(15-7-10-28-62)51(52(45)55)46-32-43(25-26-48(46)68-55)67-54(64)58-35-38-12-4-3-5-13-38/h2-5,12-13,17-26,31-32,41,44,49-52,61-62H,1,6-11,14-16,27-30,33,35-36H2,(H,58,64). The minimum absolute atomic E-state index is 0.0179. The summed E-state index contributed by atoms with van der Waals surface area (Å²) >= 11 is 0. The van der Waals surface area contributed by atoms with Crippen LogP contribution in [0.1, 0.15) is 103 Å². The van der Waals surface area contributed by atoms with E-state index in [0.29, 0.717) is 72.6 Å². The van der Waals surface area contributed by atoms with Crippen molar-refractivity contribution in [3.8, 4) is 17.6 Å². The lowest BCUT2D eigenvalue weighted by molar-refractivity contribution is -0.255. The van der Waals surface area contributed by atoms with Gasteiger partial charge < -0.3 is 44.2 Å². The molecule has 2 aliphatic carbocycles. The maximum atomic E-state index is 15.4. The molecule has 1 saturated carbocycles. The summed E-state index contributed by atoms with van der Waals surface area (Å²) in [6, 6.07) is 28.5. The number of unbranched alkanes of at least 4 members (excludes halogenated alkanes) is 2. The number of halogens is 1. The molecule has 0 radical (unpaired) electrons. The molecule has 4 aliphatic rings. The minimum atomic E-state index is -1.61. The molecular formula is C55H61FN4O9. The highest BCUT2D eigenvalue weighted by Crippen LogP contribution is 2.62. The number of nitriles is 1. The second kappa shape index (κ2) is 23.3. The van der Waals surface area contributed by atoms with E-state index in [2.05, 4.69) is 24.0 Å². The molecule has 2 amide bonds. The van der Waals surface area contributed by atoms with E-state index in [0.717, 1.165) is 42.4 Å². The molecule has 4 aromatic rings. The molecule has 14 heteroatoms. The Morgan fingerprint density at radius 1 is 0.957 bits per heavy atom. The average molecular weight is 941 g/mol. The van der Waals surface area contributed by atoms with Gasteiger partial charge in [-0.15, -0.1) is 6.58 Å². The summed E-state index contributed by atoms with van der Waals surface area (Å²) in [6.07, 6.45) is 9.37.